The first-order valence-electron chi connectivity index (χ1n) is 11.2. The van der Waals surface area contributed by atoms with Crippen LogP contribution in [0.3, 0.4) is 0 Å². The standard InChI is InChI=1S/C26H33N5O3/c1-8-31-19(5)21(18(4)30-31)15-27-26(28-22-13-16(2)9-10-17(22)3)29-25(32)20-11-12-23(33-6)24(14-20)34-7/h9-14H,8,15H2,1-7H3,(H2,27,28,29,32). The van der Waals surface area contributed by atoms with E-state index in [1.165, 1.54) is 7.11 Å². The minimum absolute atomic E-state index is 0.310. The Morgan fingerprint density at radius 1 is 1.03 bits per heavy atom. The van der Waals surface area contributed by atoms with Crippen LogP contribution >= 0.6 is 0 Å². The molecule has 0 saturated carbocycles. The summed E-state index contributed by atoms with van der Waals surface area (Å²) >= 11 is 0. The van der Waals surface area contributed by atoms with E-state index in [1.807, 2.05) is 50.6 Å². The van der Waals surface area contributed by atoms with Crippen molar-refractivity contribution in [1.82, 2.24) is 15.1 Å². The maximum Gasteiger partial charge on any atom is 0.258 e. The van der Waals surface area contributed by atoms with E-state index >= 15 is 0 Å². The smallest absolute Gasteiger partial charge is 0.258 e. The Balaban J connectivity index is 1.93. The van der Waals surface area contributed by atoms with Gasteiger partial charge in [-0.2, -0.15) is 5.10 Å². The summed E-state index contributed by atoms with van der Waals surface area (Å²) in [6.07, 6.45) is 0. The fraction of sp³-hybridized carbons (Fsp3) is 0.346. The Hall–Kier alpha value is -3.81. The quantitative estimate of drug-likeness (QED) is 0.396. The number of hydrogen-bond donors (Lipinski definition) is 2. The first kappa shape index (κ1) is 24.8. The number of guanidine groups is 1. The maximum atomic E-state index is 13.1. The molecule has 0 saturated heterocycles. The van der Waals surface area contributed by atoms with Crippen LogP contribution in [-0.4, -0.2) is 35.9 Å². The van der Waals surface area contributed by atoms with Gasteiger partial charge in [0.05, 0.1) is 26.5 Å². The van der Waals surface area contributed by atoms with E-state index in [4.69, 9.17) is 14.5 Å². The maximum absolute atomic E-state index is 13.1. The number of ether oxygens (including phenoxy) is 2. The lowest BCUT2D eigenvalue weighted by molar-refractivity contribution is 0.0976. The van der Waals surface area contributed by atoms with Gasteiger partial charge in [0.1, 0.15) is 0 Å². The lowest BCUT2D eigenvalue weighted by Crippen LogP contribution is -2.36. The highest BCUT2D eigenvalue weighted by atomic mass is 16.5. The Bertz CT molecular complexity index is 1210. The van der Waals surface area contributed by atoms with Gasteiger partial charge >= 0.3 is 0 Å². The fourth-order valence-electron chi connectivity index (χ4n) is 3.69. The molecular formula is C26H33N5O3. The molecule has 0 aliphatic rings. The van der Waals surface area contributed by atoms with Gasteiger partial charge < -0.3 is 14.8 Å². The molecule has 8 heteroatoms. The number of carbonyl (C=O) groups excluding carboxylic acids is 1. The number of benzene rings is 2. The molecule has 180 valence electrons. The van der Waals surface area contributed by atoms with E-state index in [0.29, 0.717) is 29.6 Å². The molecule has 2 N–H and O–H groups in total. The van der Waals surface area contributed by atoms with Gasteiger partial charge in [-0.05, 0) is 70.0 Å². The number of hydrogen-bond acceptors (Lipinski definition) is 5. The van der Waals surface area contributed by atoms with E-state index in [9.17, 15) is 4.79 Å². The number of aromatic nitrogens is 2. The van der Waals surface area contributed by atoms with Crippen molar-refractivity contribution in [3.05, 3.63) is 70.0 Å². The normalized spacial score (nSPS) is 11.3. The molecule has 0 atom stereocenters. The third kappa shape index (κ3) is 5.57. The van der Waals surface area contributed by atoms with Crippen molar-refractivity contribution in [2.45, 2.75) is 47.7 Å². The van der Waals surface area contributed by atoms with Crippen molar-refractivity contribution in [1.29, 1.82) is 0 Å². The Morgan fingerprint density at radius 2 is 1.76 bits per heavy atom. The van der Waals surface area contributed by atoms with Crippen LogP contribution in [0.2, 0.25) is 0 Å². The average molecular weight is 464 g/mol. The number of anilines is 1. The molecular weight excluding hydrogens is 430 g/mol. The number of amides is 1. The zero-order valence-corrected chi connectivity index (χ0v) is 20.9. The third-order valence-corrected chi connectivity index (χ3v) is 5.75. The van der Waals surface area contributed by atoms with Crippen LogP contribution in [0.5, 0.6) is 11.5 Å². The second-order valence-corrected chi connectivity index (χ2v) is 8.10. The number of aryl methyl sites for hydroxylation is 4. The number of nitrogens with zero attached hydrogens (tertiary/aromatic N) is 3. The number of carbonyl (C=O) groups is 1. The van der Waals surface area contributed by atoms with E-state index in [-0.39, 0.29) is 5.91 Å². The second kappa shape index (κ2) is 10.9. The summed E-state index contributed by atoms with van der Waals surface area (Å²) in [7, 11) is 3.09. The molecule has 1 aromatic heterocycles. The van der Waals surface area contributed by atoms with Gasteiger partial charge in [0, 0.05) is 29.1 Å². The number of methoxy groups -OCH3 is 2. The molecule has 0 aliphatic heterocycles. The summed E-state index contributed by atoms with van der Waals surface area (Å²) in [5, 5.41) is 10.8. The van der Waals surface area contributed by atoms with Gasteiger partial charge in [0.15, 0.2) is 11.5 Å². The molecule has 0 spiro atoms. The summed E-state index contributed by atoms with van der Waals surface area (Å²) in [5.41, 5.74) is 6.51. The number of aliphatic imine (C=N–C) groups is 1. The minimum Gasteiger partial charge on any atom is -0.493 e. The summed E-state index contributed by atoms with van der Waals surface area (Å²) in [5.74, 6) is 1.08. The molecule has 2 aromatic carbocycles. The van der Waals surface area contributed by atoms with Crippen molar-refractivity contribution >= 4 is 17.6 Å². The SMILES string of the molecule is CCn1nc(C)c(CN=C(NC(=O)c2ccc(OC)c(OC)c2)Nc2cc(C)ccc2C)c1C. The van der Waals surface area contributed by atoms with Gasteiger partial charge in [-0.1, -0.05) is 12.1 Å². The van der Waals surface area contributed by atoms with Crippen molar-refractivity contribution in [2.24, 2.45) is 4.99 Å². The lowest BCUT2D eigenvalue weighted by Gasteiger charge is -2.15. The second-order valence-electron chi connectivity index (χ2n) is 8.10. The summed E-state index contributed by atoms with van der Waals surface area (Å²) < 4.78 is 12.6. The highest BCUT2D eigenvalue weighted by molar-refractivity contribution is 6.10. The molecule has 3 aromatic rings. The minimum atomic E-state index is -0.310. The van der Waals surface area contributed by atoms with Crippen molar-refractivity contribution in [3.63, 3.8) is 0 Å². The largest absolute Gasteiger partial charge is 0.493 e. The van der Waals surface area contributed by atoms with Crippen molar-refractivity contribution in [3.8, 4) is 11.5 Å². The van der Waals surface area contributed by atoms with Crippen LogP contribution in [0.15, 0.2) is 41.4 Å². The van der Waals surface area contributed by atoms with Gasteiger partial charge in [0.25, 0.3) is 5.91 Å². The lowest BCUT2D eigenvalue weighted by atomic mass is 10.1. The fourth-order valence-corrected chi connectivity index (χ4v) is 3.69. The van der Waals surface area contributed by atoms with Crippen LogP contribution in [-0.2, 0) is 13.1 Å². The third-order valence-electron chi connectivity index (χ3n) is 5.75. The van der Waals surface area contributed by atoms with Crippen LogP contribution in [0, 0.1) is 27.7 Å². The van der Waals surface area contributed by atoms with Gasteiger partial charge in [-0.25, -0.2) is 4.99 Å². The van der Waals surface area contributed by atoms with Crippen molar-refractivity contribution < 1.29 is 14.3 Å². The monoisotopic (exact) mass is 463 g/mol. The summed E-state index contributed by atoms with van der Waals surface area (Å²) in [4.78, 5) is 17.9. The number of rotatable bonds is 7. The van der Waals surface area contributed by atoms with Crippen LogP contribution in [0.4, 0.5) is 5.69 Å². The first-order valence-corrected chi connectivity index (χ1v) is 11.2. The first-order chi connectivity index (χ1) is 16.3. The highest BCUT2D eigenvalue weighted by Gasteiger charge is 2.15. The average Bonchev–Trinajstić information content (AvgIpc) is 3.11. The van der Waals surface area contributed by atoms with Crippen LogP contribution in [0.1, 0.15) is 45.4 Å². The molecule has 0 bridgehead atoms. The van der Waals surface area contributed by atoms with Gasteiger partial charge in [-0.15, -0.1) is 0 Å². The molecule has 8 nitrogen and oxygen atoms in total. The molecule has 0 fully saturated rings. The molecule has 0 aliphatic carbocycles. The molecule has 34 heavy (non-hydrogen) atoms. The van der Waals surface area contributed by atoms with Crippen LogP contribution < -0.4 is 20.1 Å². The van der Waals surface area contributed by atoms with E-state index < -0.39 is 0 Å². The zero-order valence-electron chi connectivity index (χ0n) is 20.9. The Labute approximate surface area is 201 Å². The van der Waals surface area contributed by atoms with Crippen LogP contribution in [0.25, 0.3) is 0 Å². The molecule has 0 radical (unpaired) electrons. The van der Waals surface area contributed by atoms with E-state index in [0.717, 1.165) is 40.3 Å². The highest BCUT2D eigenvalue weighted by Crippen LogP contribution is 2.27. The van der Waals surface area contributed by atoms with E-state index in [2.05, 4.69) is 22.7 Å². The molecule has 1 amide bonds. The van der Waals surface area contributed by atoms with Gasteiger partial charge in [-0.3, -0.25) is 14.8 Å². The van der Waals surface area contributed by atoms with Gasteiger partial charge in [0.2, 0.25) is 5.96 Å². The number of nitrogens with one attached hydrogen (secondary N) is 2. The Morgan fingerprint density at radius 3 is 2.41 bits per heavy atom. The molecule has 3 rings (SSSR count). The molecule has 0 unspecified atom stereocenters. The summed E-state index contributed by atoms with van der Waals surface area (Å²) in [6.45, 7) is 11.3. The molecule has 1 heterocycles. The predicted molar refractivity (Wildman–Crippen MR) is 135 cm³/mol. The summed E-state index contributed by atoms with van der Waals surface area (Å²) in [6, 6.07) is 11.1. The predicted octanol–water partition coefficient (Wildman–Crippen LogP) is 4.55. The Kier molecular flexibility index (Phi) is 7.94. The van der Waals surface area contributed by atoms with Crippen molar-refractivity contribution in [2.75, 3.05) is 19.5 Å². The zero-order chi connectivity index (χ0) is 24.8. The topological polar surface area (TPSA) is 89.8 Å². The van der Waals surface area contributed by atoms with E-state index in [1.54, 1.807) is 25.3 Å².